The fourth-order valence-electron chi connectivity index (χ4n) is 4.08. The van der Waals surface area contributed by atoms with Crippen molar-refractivity contribution >= 4 is 44.1 Å². The number of rotatable bonds is 10. The Labute approximate surface area is 233 Å². The third kappa shape index (κ3) is 6.41. The Balaban J connectivity index is 1.72. The van der Waals surface area contributed by atoms with Gasteiger partial charge in [0.2, 0.25) is 5.96 Å². The van der Waals surface area contributed by atoms with Gasteiger partial charge in [-0.25, -0.2) is 28.4 Å². The molecule has 3 heterocycles. The van der Waals surface area contributed by atoms with Crippen LogP contribution in [0.15, 0.2) is 50.3 Å². The third-order valence-corrected chi connectivity index (χ3v) is 8.23. The lowest BCUT2D eigenvalue weighted by Gasteiger charge is -2.16. The Hall–Kier alpha value is -4.00. The molecule has 0 saturated heterocycles. The van der Waals surface area contributed by atoms with Crippen LogP contribution in [0.2, 0.25) is 0 Å². The Bertz CT molecular complexity index is 1650. The average Bonchev–Trinajstić information content (AvgIpc) is 3.77. The predicted octanol–water partition coefficient (Wildman–Crippen LogP) is 3.16. The van der Waals surface area contributed by atoms with Gasteiger partial charge in [-0.05, 0) is 51.2 Å². The molecule has 3 aromatic heterocycles. The Morgan fingerprint density at radius 3 is 2.52 bits per heavy atom. The largest absolute Gasteiger partial charge is 0.368 e. The summed E-state index contributed by atoms with van der Waals surface area (Å²) in [5.74, 6) is 1.17. The number of guanidine groups is 1. The lowest BCUT2D eigenvalue weighted by atomic mass is 10.1. The lowest BCUT2D eigenvalue weighted by molar-refractivity contribution is 0.592. The highest BCUT2D eigenvalue weighted by atomic mass is 32.2. The maximum Gasteiger partial charge on any atom is 0.295 e. The number of anilines is 1. The van der Waals surface area contributed by atoms with E-state index in [1.54, 1.807) is 30.8 Å². The van der Waals surface area contributed by atoms with Gasteiger partial charge < -0.3 is 11.1 Å². The fraction of sp³-hybridized carbons (Fsp3) is 0.444. The van der Waals surface area contributed by atoms with E-state index < -0.39 is 9.84 Å². The zero-order chi connectivity index (χ0) is 29.0. The van der Waals surface area contributed by atoms with Crippen molar-refractivity contribution in [1.29, 1.82) is 0 Å². The van der Waals surface area contributed by atoms with E-state index in [0.717, 1.165) is 24.1 Å². The number of pyridine rings is 1. The normalized spacial score (nSPS) is 15.2. The first-order valence-corrected chi connectivity index (χ1v) is 15.0. The first kappa shape index (κ1) is 29.0. The monoisotopic (exact) mass is 565 g/mol. The first-order chi connectivity index (χ1) is 19.1. The predicted molar refractivity (Wildman–Crippen MR) is 157 cm³/mol. The first-order valence-electron chi connectivity index (χ1n) is 13.3. The van der Waals surface area contributed by atoms with Crippen molar-refractivity contribution in [3.63, 3.8) is 0 Å². The van der Waals surface area contributed by atoms with Crippen LogP contribution in [-0.4, -0.2) is 57.4 Å². The number of aliphatic imine (C=N–C) groups is 2. The number of fused-ring (bicyclic) bond motifs is 1. The third-order valence-electron chi connectivity index (χ3n) is 6.51. The molecule has 3 aromatic rings. The van der Waals surface area contributed by atoms with Crippen LogP contribution < -0.4 is 16.6 Å². The van der Waals surface area contributed by atoms with Gasteiger partial charge in [0.25, 0.3) is 5.56 Å². The quantitative estimate of drug-likeness (QED) is 0.277. The summed E-state index contributed by atoms with van der Waals surface area (Å²) in [6, 6.07) is 2.92. The molecule has 1 aliphatic rings. The SMILES string of the molecule is CCC(=N/C(N)=N\C)/C(=C/C1CC1)c1ncc2nc(NCc3ccc(S(=O)(=O)CC)cn3)c(=O)n(C(C)C)c2n1. The van der Waals surface area contributed by atoms with Crippen molar-refractivity contribution < 1.29 is 8.42 Å². The molecule has 0 unspecified atom stereocenters. The van der Waals surface area contributed by atoms with Gasteiger partial charge in [0, 0.05) is 24.9 Å². The Kier molecular flexibility index (Phi) is 8.72. The summed E-state index contributed by atoms with van der Waals surface area (Å²) >= 11 is 0. The summed E-state index contributed by atoms with van der Waals surface area (Å²) in [5, 5.41) is 3.05. The number of hydrogen-bond acceptors (Lipinski definition) is 9. The molecular weight excluding hydrogens is 530 g/mol. The molecule has 0 amide bonds. The van der Waals surface area contributed by atoms with Gasteiger partial charge in [-0.2, -0.15) is 0 Å². The van der Waals surface area contributed by atoms with E-state index in [0.29, 0.717) is 35.0 Å². The zero-order valence-electron chi connectivity index (χ0n) is 23.4. The van der Waals surface area contributed by atoms with Crippen LogP contribution in [0.1, 0.15) is 64.5 Å². The van der Waals surface area contributed by atoms with Gasteiger partial charge in [0.05, 0.1) is 34.8 Å². The zero-order valence-corrected chi connectivity index (χ0v) is 24.2. The highest BCUT2D eigenvalue weighted by Crippen LogP contribution is 2.34. The molecule has 1 aliphatic carbocycles. The molecule has 12 nitrogen and oxygen atoms in total. The van der Waals surface area contributed by atoms with Crippen molar-refractivity contribution in [3.8, 4) is 0 Å². The maximum absolute atomic E-state index is 13.5. The molecule has 1 fully saturated rings. The van der Waals surface area contributed by atoms with Gasteiger partial charge in [-0.1, -0.05) is 19.9 Å². The maximum atomic E-state index is 13.5. The second-order valence-electron chi connectivity index (χ2n) is 9.79. The summed E-state index contributed by atoms with van der Waals surface area (Å²) in [6.07, 6.45) is 7.84. The lowest BCUT2D eigenvalue weighted by Crippen LogP contribution is -2.28. The van der Waals surface area contributed by atoms with E-state index in [9.17, 15) is 13.2 Å². The summed E-state index contributed by atoms with van der Waals surface area (Å²) in [6.45, 7) is 7.55. The van der Waals surface area contributed by atoms with E-state index in [2.05, 4.69) is 36.3 Å². The molecule has 0 bridgehead atoms. The van der Waals surface area contributed by atoms with Gasteiger partial charge >= 0.3 is 0 Å². The Morgan fingerprint density at radius 1 is 1.20 bits per heavy atom. The number of sulfone groups is 1. The molecular formula is C27H35N9O3S. The van der Waals surface area contributed by atoms with Crippen LogP contribution in [0.4, 0.5) is 5.82 Å². The average molecular weight is 566 g/mol. The number of hydrogen-bond donors (Lipinski definition) is 2. The molecule has 1 saturated carbocycles. The topological polar surface area (TPSA) is 170 Å². The van der Waals surface area contributed by atoms with E-state index >= 15 is 0 Å². The van der Waals surface area contributed by atoms with E-state index in [-0.39, 0.29) is 40.6 Å². The standard InChI is InChI=1S/C27H35N9O3S/c1-6-21(34-27(28)29-5)20(12-17-8-9-17)23-32-15-22-25(35-23)36(16(3)4)26(37)24(33-22)31-13-18-10-11-19(14-30-18)40(38,39)7-2/h10-12,14-17H,6-9,13H2,1-5H3,(H2,28,29)(H,31,33)/b20-12-,34-21-. The van der Waals surface area contributed by atoms with Crippen LogP contribution in [-0.2, 0) is 16.4 Å². The van der Waals surface area contributed by atoms with Crippen molar-refractivity contribution in [2.75, 3.05) is 18.1 Å². The van der Waals surface area contributed by atoms with Crippen molar-refractivity contribution in [2.24, 2.45) is 21.6 Å². The Morgan fingerprint density at radius 2 is 1.95 bits per heavy atom. The summed E-state index contributed by atoms with van der Waals surface area (Å²) in [7, 11) is -1.76. The molecule has 0 aliphatic heterocycles. The summed E-state index contributed by atoms with van der Waals surface area (Å²) in [4.78, 5) is 40.3. The molecule has 0 spiro atoms. The minimum Gasteiger partial charge on any atom is -0.368 e. The molecule has 0 atom stereocenters. The minimum atomic E-state index is -3.34. The molecule has 212 valence electrons. The van der Waals surface area contributed by atoms with Crippen molar-refractivity contribution in [2.45, 2.75) is 64.4 Å². The molecule has 4 rings (SSSR count). The van der Waals surface area contributed by atoms with Crippen molar-refractivity contribution in [3.05, 3.63) is 52.5 Å². The molecule has 3 N–H and O–H groups in total. The van der Waals surface area contributed by atoms with E-state index in [4.69, 9.17) is 10.7 Å². The number of nitrogens with zero attached hydrogens (tertiary/aromatic N) is 7. The molecule has 40 heavy (non-hydrogen) atoms. The van der Waals surface area contributed by atoms with E-state index in [1.807, 2.05) is 20.8 Å². The highest BCUT2D eigenvalue weighted by molar-refractivity contribution is 7.91. The number of nitrogens with two attached hydrogens (primary N) is 1. The smallest absolute Gasteiger partial charge is 0.295 e. The van der Waals surface area contributed by atoms with Crippen LogP contribution in [0.25, 0.3) is 16.7 Å². The second kappa shape index (κ2) is 12.0. The molecule has 13 heteroatoms. The summed E-state index contributed by atoms with van der Waals surface area (Å²) in [5.41, 5.74) is 8.51. The fourth-order valence-corrected chi connectivity index (χ4v) is 4.90. The van der Waals surface area contributed by atoms with Crippen LogP contribution >= 0.6 is 0 Å². The highest BCUT2D eigenvalue weighted by Gasteiger charge is 2.24. The number of aromatic nitrogens is 5. The van der Waals surface area contributed by atoms with Gasteiger partial charge in [0.1, 0.15) is 5.52 Å². The van der Waals surface area contributed by atoms with Gasteiger partial charge in [-0.15, -0.1) is 0 Å². The van der Waals surface area contributed by atoms with Gasteiger partial charge in [0.15, 0.2) is 27.1 Å². The van der Waals surface area contributed by atoms with Crippen LogP contribution in [0, 0.1) is 5.92 Å². The van der Waals surface area contributed by atoms with E-state index in [1.165, 1.54) is 12.3 Å². The molecule has 0 radical (unpaired) electrons. The minimum absolute atomic E-state index is 0.00269. The van der Waals surface area contributed by atoms with Crippen LogP contribution in [0.5, 0.6) is 0 Å². The second-order valence-corrected chi connectivity index (χ2v) is 12.1. The summed E-state index contributed by atoms with van der Waals surface area (Å²) < 4.78 is 25.7. The van der Waals surface area contributed by atoms with Gasteiger partial charge in [-0.3, -0.25) is 19.3 Å². The van der Waals surface area contributed by atoms with Crippen LogP contribution in [0.3, 0.4) is 0 Å². The molecule has 0 aromatic carbocycles. The number of allylic oxidation sites excluding steroid dienone is 2. The van der Waals surface area contributed by atoms with Crippen molar-refractivity contribution in [1.82, 2.24) is 24.5 Å². The number of nitrogens with one attached hydrogen (secondary N) is 1.